The molecule has 1 aromatic rings. The van der Waals surface area contributed by atoms with Crippen LogP contribution in [0.5, 0.6) is 0 Å². The lowest BCUT2D eigenvalue weighted by Gasteiger charge is -2.21. The summed E-state index contributed by atoms with van der Waals surface area (Å²) in [7, 11) is 1.98. The number of nitrogens with one attached hydrogen (secondary N) is 1. The van der Waals surface area contributed by atoms with Crippen LogP contribution < -0.4 is 5.32 Å². The van der Waals surface area contributed by atoms with Gasteiger partial charge >= 0.3 is 0 Å². The second-order valence-corrected chi connectivity index (χ2v) is 3.68. The normalized spacial score (nSPS) is 15.1. The van der Waals surface area contributed by atoms with E-state index in [2.05, 4.69) is 29.1 Å². The molecule has 0 aliphatic carbocycles. The Balaban J connectivity index is 2.89. The van der Waals surface area contributed by atoms with Crippen molar-refractivity contribution >= 4 is 0 Å². The summed E-state index contributed by atoms with van der Waals surface area (Å²) >= 11 is 0. The van der Waals surface area contributed by atoms with Crippen molar-refractivity contribution < 1.29 is 0 Å². The molecule has 1 heterocycles. The monoisotopic (exact) mass is 193 g/mol. The molecule has 78 valence electrons. The van der Waals surface area contributed by atoms with E-state index in [1.54, 1.807) is 0 Å². The van der Waals surface area contributed by atoms with Crippen LogP contribution in [0.25, 0.3) is 0 Å². The summed E-state index contributed by atoms with van der Waals surface area (Å²) in [6.07, 6.45) is 2.97. The highest BCUT2D eigenvalue weighted by atomic mass is 14.9. The molecule has 0 fully saturated rings. The largest absolute Gasteiger partial charge is 0.311 e. The quantitative estimate of drug-likeness (QED) is 0.795. The number of aromatic nitrogens is 2. The van der Waals surface area contributed by atoms with Crippen molar-refractivity contribution in [1.29, 1.82) is 0 Å². The van der Waals surface area contributed by atoms with Gasteiger partial charge in [-0.3, -0.25) is 0 Å². The first-order valence-electron chi connectivity index (χ1n) is 5.15. The smallest absolute Gasteiger partial charge is 0.125 e. The van der Waals surface area contributed by atoms with Gasteiger partial charge in [-0.25, -0.2) is 9.97 Å². The van der Waals surface area contributed by atoms with Gasteiger partial charge in [-0.1, -0.05) is 20.3 Å². The summed E-state index contributed by atoms with van der Waals surface area (Å²) in [4.78, 5) is 8.54. The SMILES string of the molecule is CCC(C)C(NC)c1ccnc(C)n1. The third kappa shape index (κ3) is 2.51. The molecule has 1 rings (SSSR count). The van der Waals surface area contributed by atoms with E-state index in [-0.39, 0.29) is 0 Å². The Bertz CT molecular complexity index is 286. The van der Waals surface area contributed by atoms with Crippen LogP contribution in [0.4, 0.5) is 0 Å². The highest BCUT2D eigenvalue weighted by molar-refractivity contribution is 5.08. The highest BCUT2D eigenvalue weighted by Gasteiger charge is 2.16. The van der Waals surface area contributed by atoms with Gasteiger partial charge in [0.05, 0.1) is 11.7 Å². The molecule has 3 nitrogen and oxygen atoms in total. The first kappa shape index (κ1) is 11.1. The Morgan fingerprint density at radius 3 is 2.71 bits per heavy atom. The average molecular weight is 193 g/mol. The summed E-state index contributed by atoms with van der Waals surface area (Å²) in [5, 5.41) is 3.31. The topological polar surface area (TPSA) is 37.8 Å². The van der Waals surface area contributed by atoms with E-state index < -0.39 is 0 Å². The number of hydrogen-bond donors (Lipinski definition) is 1. The standard InChI is InChI=1S/C11H19N3/c1-5-8(2)11(12-4)10-6-7-13-9(3)14-10/h6-8,11-12H,5H2,1-4H3. The molecule has 0 aromatic carbocycles. The zero-order chi connectivity index (χ0) is 10.6. The lowest BCUT2D eigenvalue weighted by molar-refractivity contribution is 0.391. The molecule has 0 amide bonds. The Hall–Kier alpha value is -0.960. The molecule has 1 N–H and O–H groups in total. The molecule has 0 aliphatic rings. The van der Waals surface area contributed by atoms with Crippen LogP contribution in [0.15, 0.2) is 12.3 Å². The molecule has 0 saturated heterocycles. The van der Waals surface area contributed by atoms with Gasteiger partial charge < -0.3 is 5.32 Å². The summed E-state index contributed by atoms with van der Waals surface area (Å²) in [5.41, 5.74) is 1.09. The van der Waals surface area contributed by atoms with Crippen molar-refractivity contribution in [3.63, 3.8) is 0 Å². The van der Waals surface area contributed by atoms with Gasteiger partial charge in [0.2, 0.25) is 0 Å². The number of aryl methyl sites for hydroxylation is 1. The molecule has 14 heavy (non-hydrogen) atoms. The van der Waals surface area contributed by atoms with Gasteiger partial charge in [0.1, 0.15) is 5.82 Å². The Kier molecular flexibility index (Phi) is 4.01. The zero-order valence-corrected chi connectivity index (χ0v) is 9.41. The maximum atomic E-state index is 4.44. The van der Waals surface area contributed by atoms with Crippen molar-refractivity contribution in [3.8, 4) is 0 Å². The molecule has 0 bridgehead atoms. The summed E-state index contributed by atoms with van der Waals surface area (Å²) in [6.45, 7) is 6.36. The molecular formula is C11H19N3. The number of hydrogen-bond acceptors (Lipinski definition) is 3. The van der Waals surface area contributed by atoms with E-state index in [9.17, 15) is 0 Å². The van der Waals surface area contributed by atoms with Crippen LogP contribution in [-0.2, 0) is 0 Å². The molecule has 3 heteroatoms. The number of nitrogens with zero attached hydrogens (tertiary/aromatic N) is 2. The summed E-state index contributed by atoms with van der Waals surface area (Å²) in [6, 6.07) is 2.32. The molecule has 2 atom stereocenters. The minimum absolute atomic E-state index is 0.335. The van der Waals surface area contributed by atoms with E-state index >= 15 is 0 Å². The van der Waals surface area contributed by atoms with Crippen LogP contribution in [0, 0.1) is 12.8 Å². The maximum absolute atomic E-state index is 4.44. The first-order valence-corrected chi connectivity index (χ1v) is 5.15. The van der Waals surface area contributed by atoms with Crippen molar-refractivity contribution in [2.45, 2.75) is 33.2 Å². The molecule has 0 radical (unpaired) electrons. The van der Waals surface area contributed by atoms with Crippen molar-refractivity contribution in [2.24, 2.45) is 5.92 Å². The maximum Gasteiger partial charge on any atom is 0.125 e. The third-order valence-corrected chi connectivity index (χ3v) is 2.64. The predicted molar refractivity (Wildman–Crippen MR) is 58.0 cm³/mol. The van der Waals surface area contributed by atoms with Crippen LogP contribution in [0.2, 0.25) is 0 Å². The zero-order valence-electron chi connectivity index (χ0n) is 9.41. The second-order valence-electron chi connectivity index (χ2n) is 3.68. The van der Waals surface area contributed by atoms with E-state index in [4.69, 9.17) is 0 Å². The second kappa shape index (κ2) is 5.05. The van der Waals surface area contributed by atoms with E-state index in [1.165, 1.54) is 0 Å². The lowest BCUT2D eigenvalue weighted by Crippen LogP contribution is -2.24. The predicted octanol–water partition coefficient (Wildman–Crippen LogP) is 2.09. The van der Waals surface area contributed by atoms with E-state index in [0.717, 1.165) is 17.9 Å². The van der Waals surface area contributed by atoms with Gasteiger partial charge in [-0.15, -0.1) is 0 Å². The first-order chi connectivity index (χ1) is 6.69. The van der Waals surface area contributed by atoms with Gasteiger partial charge in [0, 0.05) is 6.20 Å². The van der Waals surface area contributed by atoms with Crippen molar-refractivity contribution in [1.82, 2.24) is 15.3 Å². The molecule has 0 saturated carbocycles. The molecule has 0 spiro atoms. The van der Waals surface area contributed by atoms with E-state index in [1.807, 2.05) is 26.2 Å². The highest BCUT2D eigenvalue weighted by Crippen LogP contribution is 2.21. The molecule has 1 aromatic heterocycles. The third-order valence-electron chi connectivity index (χ3n) is 2.64. The number of rotatable bonds is 4. The van der Waals surface area contributed by atoms with Crippen LogP contribution in [0.1, 0.15) is 37.8 Å². The van der Waals surface area contributed by atoms with E-state index in [0.29, 0.717) is 12.0 Å². The van der Waals surface area contributed by atoms with Crippen LogP contribution in [0.3, 0.4) is 0 Å². The molecule has 2 unspecified atom stereocenters. The van der Waals surface area contributed by atoms with Crippen molar-refractivity contribution in [3.05, 3.63) is 23.8 Å². The van der Waals surface area contributed by atoms with Crippen molar-refractivity contribution in [2.75, 3.05) is 7.05 Å². The summed E-state index contributed by atoms with van der Waals surface area (Å²) < 4.78 is 0. The fraction of sp³-hybridized carbons (Fsp3) is 0.636. The molecule has 0 aliphatic heterocycles. The molecular weight excluding hydrogens is 174 g/mol. The van der Waals surface area contributed by atoms with Gasteiger partial charge in [-0.2, -0.15) is 0 Å². The van der Waals surface area contributed by atoms with Gasteiger partial charge in [0.15, 0.2) is 0 Å². The minimum atomic E-state index is 0.335. The summed E-state index contributed by atoms with van der Waals surface area (Å²) in [5.74, 6) is 1.43. The fourth-order valence-corrected chi connectivity index (χ4v) is 1.61. The fourth-order valence-electron chi connectivity index (χ4n) is 1.61. The van der Waals surface area contributed by atoms with Gasteiger partial charge in [-0.05, 0) is 26.0 Å². The lowest BCUT2D eigenvalue weighted by atomic mass is 9.96. The van der Waals surface area contributed by atoms with Crippen LogP contribution in [-0.4, -0.2) is 17.0 Å². The van der Waals surface area contributed by atoms with Crippen LogP contribution >= 0.6 is 0 Å². The van der Waals surface area contributed by atoms with Gasteiger partial charge in [0.25, 0.3) is 0 Å². The average Bonchev–Trinajstić information content (AvgIpc) is 2.19. The minimum Gasteiger partial charge on any atom is -0.311 e. The Morgan fingerprint density at radius 1 is 1.50 bits per heavy atom. The Morgan fingerprint density at radius 2 is 2.21 bits per heavy atom. The Labute approximate surface area is 86.0 Å².